The molecule has 0 unspecified atom stereocenters. The smallest absolute Gasteiger partial charge is 0.405 e. The van der Waals surface area contributed by atoms with Crippen LogP contribution in [0.4, 0.5) is 24.9 Å². The molecule has 1 saturated carbocycles. The maximum Gasteiger partial charge on any atom is 0.573 e. The van der Waals surface area contributed by atoms with E-state index in [1.165, 1.54) is 12.1 Å². The molecule has 1 aliphatic rings. The van der Waals surface area contributed by atoms with Gasteiger partial charge in [0.1, 0.15) is 11.6 Å². The number of rotatable bonds is 7. The van der Waals surface area contributed by atoms with Gasteiger partial charge in [-0.25, -0.2) is 4.98 Å². The standard InChI is InChI=1S/C24H28F3N5O/c1-32(2)22-19-11-4-5-12-20(19)30-23(31-22)29-18-10-7-9-17(14-18)28-15-16-8-3-6-13-21(16)33-24(25,26)27/h3-6,8,11-13,17-18,28H,7,9-10,14-15H2,1-2H3,(H,29,30,31)/t17-,18-/m0/s1. The number of ether oxygens (including phenoxy) is 1. The topological polar surface area (TPSA) is 62.3 Å². The molecule has 2 aromatic carbocycles. The second-order valence-electron chi connectivity index (χ2n) is 8.52. The highest BCUT2D eigenvalue weighted by Crippen LogP contribution is 2.28. The summed E-state index contributed by atoms with van der Waals surface area (Å²) in [6.07, 6.45) is -0.928. The van der Waals surface area contributed by atoms with Crippen molar-refractivity contribution >= 4 is 22.7 Å². The van der Waals surface area contributed by atoms with Crippen molar-refractivity contribution in [1.29, 1.82) is 0 Å². The van der Waals surface area contributed by atoms with Gasteiger partial charge in [-0.15, -0.1) is 13.2 Å². The fraction of sp³-hybridized carbons (Fsp3) is 0.417. The average molecular weight is 460 g/mol. The molecule has 176 valence electrons. The van der Waals surface area contributed by atoms with E-state index in [9.17, 15) is 13.2 Å². The summed E-state index contributed by atoms with van der Waals surface area (Å²) in [6.45, 7) is 0.306. The number of alkyl halides is 3. The lowest BCUT2D eigenvalue weighted by atomic mass is 9.91. The van der Waals surface area contributed by atoms with Gasteiger partial charge in [-0.05, 0) is 43.9 Å². The molecule has 2 atom stereocenters. The third-order valence-corrected chi connectivity index (χ3v) is 5.79. The Labute approximate surface area is 191 Å². The van der Waals surface area contributed by atoms with Crippen molar-refractivity contribution < 1.29 is 17.9 Å². The van der Waals surface area contributed by atoms with E-state index in [4.69, 9.17) is 4.98 Å². The van der Waals surface area contributed by atoms with Crippen LogP contribution in [0.15, 0.2) is 48.5 Å². The van der Waals surface area contributed by atoms with E-state index in [2.05, 4.69) is 20.4 Å². The number of hydrogen-bond donors (Lipinski definition) is 2. The van der Waals surface area contributed by atoms with Crippen LogP contribution in [0.1, 0.15) is 31.2 Å². The SMILES string of the molecule is CN(C)c1nc(N[C@H]2CCC[C@H](NCc3ccccc3OC(F)(F)F)C2)nc2ccccc12. The van der Waals surface area contributed by atoms with Gasteiger partial charge < -0.3 is 20.3 Å². The van der Waals surface area contributed by atoms with Gasteiger partial charge in [0.2, 0.25) is 5.95 Å². The molecule has 33 heavy (non-hydrogen) atoms. The molecular formula is C24H28F3N5O. The monoisotopic (exact) mass is 459 g/mol. The summed E-state index contributed by atoms with van der Waals surface area (Å²) < 4.78 is 42.2. The van der Waals surface area contributed by atoms with E-state index in [0.717, 1.165) is 42.4 Å². The number of aromatic nitrogens is 2. The number of nitrogens with zero attached hydrogens (tertiary/aromatic N) is 3. The van der Waals surface area contributed by atoms with E-state index in [-0.39, 0.29) is 17.8 Å². The van der Waals surface area contributed by atoms with E-state index in [0.29, 0.717) is 18.1 Å². The Morgan fingerprint density at radius 3 is 2.52 bits per heavy atom. The van der Waals surface area contributed by atoms with Crippen molar-refractivity contribution in [3.05, 3.63) is 54.1 Å². The molecule has 0 saturated heterocycles. The minimum atomic E-state index is -4.71. The molecule has 9 heteroatoms. The second kappa shape index (κ2) is 9.82. The second-order valence-corrected chi connectivity index (χ2v) is 8.52. The van der Waals surface area contributed by atoms with Crippen LogP contribution in [-0.2, 0) is 6.54 Å². The molecule has 0 amide bonds. The van der Waals surface area contributed by atoms with Gasteiger partial charge >= 0.3 is 6.36 Å². The lowest BCUT2D eigenvalue weighted by Gasteiger charge is -2.31. The molecule has 0 spiro atoms. The first-order valence-electron chi connectivity index (χ1n) is 11.1. The quantitative estimate of drug-likeness (QED) is 0.512. The lowest BCUT2D eigenvalue weighted by Crippen LogP contribution is -2.39. The van der Waals surface area contributed by atoms with Gasteiger partial charge in [-0.1, -0.05) is 30.3 Å². The fourth-order valence-corrected chi connectivity index (χ4v) is 4.28. The van der Waals surface area contributed by atoms with Crippen LogP contribution in [0.25, 0.3) is 10.9 Å². The van der Waals surface area contributed by atoms with Gasteiger partial charge in [-0.2, -0.15) is 4.98 Å². The minimum absolute atomic E-state index is 0.163. The van der Waals surface area contributed by atoms with E-state index in [1.54, 1.807) is 12.1 Å². The van der Waals surface area contributed by atoms with Crippen molar-refractivity contribution in [1.82, 2.24) is 15.3 Å². The highest BCUT2D eigenvalue weighted by atomic mass is 19.4. The van der Waals surface area contributed by atoms with Gasteiger partial charge in [0.15, 0.2) is 0 Å². The molecule has 0 bridgehead atoms. The molecule has 0 radical (unpaired) electrons. The highest BCUT2D eigenvalue weighted by molar-refractivity contribution is 5.90. The summed E-state index contributed by atoms with van der Waals surface area (Å²) in [5, 5.41) is 7.88. The van der Waals surface area contributed by atoms with Gasteiger partial charge in [0, 0.05) is 43.7 Å². The summed E-state index contributed by atoms with van der Waals surface area (Å²) >= 11 is 0. The van der Waals surface area contributed by atoms with E-state index < -0.39 is 6.36 Å². The van der Waals surface area contributed by atoms with Crippen LogP contribution in [0.2, 0.25) is 0 Å². The van der Waals surface area contributed by atoms with E-state index >= 15 is 0 Å². The Kier molecular flexibility index (Phi) is 6.88. The molecule has 3 aromatic rings. The molecule has 1 aromatic heterocycles. The van der Waals surface area contributed by atoms with Crippen LogP contribution in [0, 0.1) is 0 Å². The third-order valence-electron chi connectivity index (χ3n) is 5.79. The number of fused-ring (bicyclic) bond motifs is 1. The summed E-state index contributed by atoms with van der Waals surface area (Å²) in [7, 11) is 3.92. The van der Waals surface area contributed by atoms with Gasteiger partial charge in [0.05, 0.1) is 5.52 Å². The number of nitrogens with one attached hydrogen (secondary N) is 2. The predicted molar refractivity (Wildman–Crippen MR) is 123 cm³/mol. The number of para-hydroxylation sites is 2. The molecule has 6 nitrogen and oxygen atoms in total. The fourth-order valence-electron chi connectivity index (χ4n) is 4.28. The van der Waals surface area contributed by atoms with Crippen LogP contribution >= 0.6 is 0 Å². The predicted octanol–water partition coefficient (Wildman–Crippen LogP) is 5.11. The molecule has 2 N–H and O–H groups in total. The molecule has 1 aliphatic carbocycles. The Hall–Kier alpha value is -3.07. The van der Waals surface area contributed by atoms with E-state index in [1.807, 2.05) is 43.3 Å². The highest BCUT2D eigenvalue weighted by Gasteiger charge is 2.32. The first-order valence-corrected chi connectivity index (χ1v) is 11.1. The minimum Gasteiger partial charge on any atom is -0.405 e. The maximum atomic E-state index is 12.7. The normalized spacial score (nSPS) is 18.8. The molecular weight excluding hydrogens is 431 g/mol. The maximum absolute atomic E-state index is 12.7. The van der Waals surface area contributed by atoms with Crippen molar-refractivity contribution in [2.75, 3.05) is 24.3 Å². The summed E-state index contributed by atoms with van der Waals surface area (Å²) in [4.78, 5) is 11.4. The van der Waals surface area contributed by atoms with Crippen molar-refractivity contribution in [3.63, 3.8) is 0 Å². The molecule has 0 aliphatic heterocycles. The van der Waals surface area contributed by atoms with Crippen molar-refractivity contribution in [3.8, 4) is 5.75 Å². The van der Waals surface area contributed by atoms with Crippen LogP contribution in [-0.4, -0.2) is 42.5 Å². The number of halogens is 3. The number of hydrogen-bond acceptors (Lipinski definition) is 6. The zero-order chi connectivity index (χ0) is 23.4. The Morgan fingerprint density at radius 2 is 1.73 bits per heavy atom. The summed E-state index contributed by atoms with van der Waals surface area (Å²) in [5.74, 6) is 1.28. The summed E-state index contributed by atoms with van der Waals surface area (Å²) in [6, 6.07) is 14.5. The van der Waals surface area contributed by atoms with Crippen molar-refractivity contribution in [2.24, 2.45) is 0 Å². The van der Waals surface area contributed by atoms with Crippen LogP contribution < -0.4 is 20.3 Å². The largest absolute Gasteiger partial charge is 0.573 e. The molecule has 4 rings (SSSR count). The van der Waals surface area contributed by atoms with Gasteiger partial charge in [-0.3, -0.25) is 0 Å². The van der Waals surface area contributed by atoms with Gasteiger partial charge in [0.25, 0.3) is 0 Å². The Morgan fingerprint density at radius 1 is 1.00 bits per heavy atom. The van der Waals surface area contributed by atoms with Crippen molar-refractivity contribution in [2.45, 2.75) is 50.7 Å². The lowest BCUT2D eigenvalue weighted by molar-refractivity contribution is -0.274. The first-order chi connectivity index (χ1) is 15.8. The zero-order valence-corrected chi connectivity index (χ0v) is 18.7. The summed E-state index contributed by atoms with van der Waals surface area (Å²) in [5.41, 5.74) is 1.36. The van der Waals surface area contributed by atoms with Crippen LogP contribution in [0.3, 0.4) is 0 Å². The van der Waals surface area contributed by atoms with Crippen LogP contribution in [0.5, 0.6) is 5.75 Å². The first kappa shape index (κ1) is 23.1. The Balaban J connectivity index is 1.41. The third kappa shape index (κ3) is 6.04. The Bertz CT molecular complexity index is 1090. The number of benzene rings is 2. The zero-order valence-electron chi connectivity index (χ0n) is 18.7. The molecule has 1 fully saturated rings. The molecule has 1 heterocycles. The average Bonchev–Trinajstić information content (AvgIpc) is 2.77. The number of anilines is 2.